The SMILES string of the molecule is NCCCC(=O)Nc1ncn(Cc2cccc(Br)c2)n1. The van der Waals surface area contributed by atoms with Gasteiger partial charge in [0.15, 0.2) is 0 Å². The van der Waals surface area contributed by atoms with E-state index in [4.69, 9.17) is 5.73 Å². The Bertz CT molecular complexity index is 584. The quantitative estimate of drug-likeness (QED) is 0.840. The maximum atomic E-state index is 11.5. The summed E-state index contributed by atoms with van der Waals surface area (Å²) in [4.78, 5) is 15.6. The molecule has 0 fully saturated rings. The molecule has 1 aromatic heterocycles. The fraction of sp³-hybridized carbons (Fsp3) is 0.308. The Morgan fingerprint density at radius 3 is 3.05 bits per heavy atom. The first kappa shape index (κ1) is 14.7. The van der Waals surface area contributed by atoms with Crippen LogP contribution in [0.5, 0.6) is 0 Å². The Morgan fingerprint density at radius 2 is 2.30 bits per heavy atom. The minimum absolute atomic E-state index is 0.115. The Morgan fingerprint density at radius 1 is 1.45 bits per heavy atom. The van der Waals surface area contributed by atoms with Crippen LogP contribution in [0.2, 0.25) is 0 Å². The van der Waals surface area contributed by atoms with E-state index in [2.05, 4.69) is 31.3 Å². The highest BCUT2D eigenvalue weighted by Crippen LogP contribution is 2.12. The maximum Gasteiger partial charge on any atom is 0.248 e. The Kier molecular flexibility index (Phi) is 5.25. The third-order valence-electron chi connectivity index (χ3n) is 2.63. The van der Waals surface area contributed by atoms with Crippen molar-refractivity contribution in [2.75, 3.05) is 11.9 Å². The lowest BCUT2D eigenvalue weighted by Crippen LogP contribution is -2.14. The van der Waals surface area contributed by atoms with Crippen LogP contribution in [-0.2, 0) is 11.3 Å². The van der Waals surface area contributed by atoms with Crippen LogP contribution >= 0.6 is 15.9 Å². The predicted octanol–water partition coefficient (Wildman–Crippen LogP) is 1.77. The highest BCUT2D eigenvalue weighted by molar-refractivity contribution is 9.10. The largest absolute Gasteiger partial charge is 0.330 e. The minimum Gasteiger partial charge on any atom is -0.330 e. The summed E-state index contributed by atoms with van der Waals surface area (Å²) >= 11 is 3.42. The van der Waals surface area contributed by atoms with Crippen LogP contribution in [0.15, 0.2) is 35.1 Å². The molecule has 0 aliphatic carbocycles. The van der Waals surface area contributed by atoms with Gasteiger partial charge in [-0.15, -0.1) is 5.10 Å². The number of nitrogens with one attached hydrogen (secondary N) is 1. The summed E-state index contributed by atoms with van der Waals surface area (Å²) in [5, 5.41) is 6.86. The van der Waals surface area contributed by atoms with Crippen molar-refractivity contribution in [2.24, 2.45) is 5.73 Å². The number of nitrogens with two attached hydrogens (primary N) is 1. The normalized spacial score (nSPS) is 10.5. The predicted molar refractivity (Wildman–Crippen MR) is 80.2 cm³/mol. The van der Waals surface area contributed by atoms with Crippen LogP contribution in [0.3, 0.4) is 0 Å². The van der Waals surface area contributed by atoms with Gasteiger partial charge in [0.05, 0.1) is 6.54 Å². The fourth-order valence-corrected chi connectivity index (χ4v) is 2.15. The molecule has 0 aliphatic heterocycles. The molecule has 7 heteroatoms. The molecule has 2 rings (SSSR count). The summed E-state index contributed by atoms with van der Waals surface area (Å²) in [6, 6.07) is 7.95. The first-order valence-corrected chi connectivity index (χ1v) is 7.10. The number of anilines is 1. The molecule has 106 valence electrons. The van der Waals surface area contributed by atoms with Crippen molar-refractivity contribution < 1.29 is 4.79 Å². The highest BCUT2D eigenvalue weighted by Gasteiger charge is 2.06. The molecule has 0 unspecified atom stereocenters. The van der Waals surface area contributed by atoms with E-state index < -0.39 is 0 Å². The van der Waals surface area contributed by atoms with Gasteiger partial charge in [-0.1, -0.05) is 28.1 Å². The third-order valence-corrected chi connectivity index (χ3v) is 3.12. The first-order chi connectivity index (χ1) is 9.67. The molecular formula is C13H16BrN5O. The average molecular weight is 338 g/mol. The summed E-state index contributed by atoms with van der Waals surface area (Å²) in [5.74, 6) is 0.206. The number of rotatable bonds is 6. The van der Waals surface area contributed by atoms with Crippen LogP contribution in [-0.4, -0.2) is 27.2 Å². The number of carbonyl (C=O) groups excluding carboxylic acids is 1. The Balaban J connectivity index is 1.93. The van der Waals surface area contributed by atoms with E-state index in [1.54, 1.807) is 11.0 Å². The summed E-state index contributed by atoms with van der Waals surface area (Å²) < 4.78 is 2.70. The lowest BCUT2D eigenvalue weighted by molar-refractivity contribution is -0.116. The molecule has 0 bridgehead atoms. The molecule has 0 radical (unpaired) electrons. The smallest absolute Gasteiger partial charge is 0.248 e. The van der Waals surface area contributed by atoms with E-state index in [1.807, 2.05) is 24.3 Å². The molecule has 20 heavy (non-hydrogen) atoms. The van der Waals surface area contributed by atoms with E-state index >= 15 is 0 Å². The topological polar surface area (TPSA) is 85.8 Å². The van der Waals surface area contributed by atoms with Crippen molar-refractivity contribution in [1.82, 2.24) is 14.8 Å². The molecule has 1 aromatic carbocycles. The maximum absolute atomic E-state index is 11.5. The number of aromatic nitrogens is 3. The molecule has 0 aliphatic rings. The van der Waals surface area contributed by atoms with E-state index in [-0.39, 0.29) is 5.91 Å². The van der Waals surface area contributed by atoms with Crippen LogP contribution in [0.4, 0.5) is 5.95 Å². The zero-order chi connectivity index (χ0) is 14.4. The molecule has 2 aromatic rings. The van der Waals surface area contributed by atoms with Crippen molar-refractivity contribution in [3.63, 3.8) is 0 Å². The monoisotopic (exact) mass is 337 g/mol. The lowest BCUT2D eigenvalue weighted by atomic mass is 10.2. The van der Waals surface area contributed by atoms with Gasteiger partial charge in [0, 0.05) is 10.9 Å². The molecule has 1 amide bonds. The van der Waals surface area contributed by atoms with Crippen molar-refractivity contribution in [3.8, 4) is 0 Å². The fourth-order valence-electron chi connectivity index (χ4n) is 1.70. The Hall–Kier alpha value is -1.73. The summed E-state index contributed by atoms with van der Waals surface area (Å²) in [6.45, 7) is 1.10. The van der Waals surface area contributed by atoms with Gasteiger partial charge in [-0.05, 0) is 30.7 Å². The van der Waals surface area contributed by atoms with E-state index in [0.717, 1.165) is 10.0 Å². The molecule has 0 spiro atoms. The lowest BCUT2D eigenvalue weighted by Gasteiger charge is -2.02. The summed E-state index contributed by atoms with van der Waals surface area (Å²) in [7, 11) is 0. The van der Waals surface area contributed by atoms with Gasteiger partial charge < -0.3 is 5.73 Å². The van der Waals surface area contributed by atoms with Crippen molar-refractivity contribution in [3.05, 3.63) is 40.6 Å². The van der Waals surface area contributed by atoms with E-state index in [1.165, 1.54) is 0 Å². The number of hydrogen-bond acceptors (Lipinski definition) is 4. The van der Waals surface area contributed by atoms with E-state index in [0.29, 0.717) is 31.9 Å². The molecule has 0 atom stereocenters. The number of carbonyl (C=O) groups is 1. The molecular weight excluding hydrogens is 322 g/mol. The average Bonchev–Trinajstić information content (AvgIpc) is 2.83. The van der Waals surface area contributed by atoms with Crippen LogP contribution in [0.25, 0.3) is 0 Å². The van der Waals surface area contributed by atoms with Crippen molar-refractivity contribution in [2.45, 2.75) is 19.4 Å². The van der Waals surface area contributed by atoms with Crippen LogP contribution in [0.1, 0.15) is 18.4 Å². The van der Waals surface area contributed by atoms with Gasteiger partial charge in [-0.2, -0.15) is 0 Å². The summed E-state index contributed by atoms with van der Waals surface area (Å²) in [5.41, 5.74) is 6.46. The van der Waals surface area contributed by atoms with Gasteiger partial charge in [-0.25, -0.2) is 9.67 Å². The van der Waals surface area contributed by atoms with Crippen molar-refractivity contribution in [1.29, 1.82) is 0 Å². The molecule has 0 saturated heterocycles. The molecule has 3 N–H and O–H groups in total. The minimum atomic E-state index is -0.115. The van der Waals surface area contributed by atoms with Gasteiger partial charge in [0.2, 0.25) is 11.9 Å². The first-order valence-electron chi connectivity index (χ1n) is 6.31. The number of hydrogen-bond donors (Lipinski definition) is 2. The van der Waals surface area contributed by atoms with Gasteiger partial charge >= 0.3 is 0 Å². The second-order valence-electron chi connectivity index (χ2n) is 4.34. The Labute approximate surface area is 125 Å². The number of amides is 1. The zero-order valence-corrected chi connectivity index (χ0v) is 12.5. The number of halogens is 1. The van der Waals surface area contributed by atoms with Crippen molar-refractivity contribution >= 4 is 27.8 Å². The van der Waals surface area contributed by atoms with Crippen LogP contribution < -0.4 is 11.1 Å². The summed E-state index contributed by atoms with van der Waals surface area (Å²) in [6.07, 6.45) is 2.64. The zero-order valence-electron chi connectivity index (χ0n) is 10.9. The highest BCUT2D eigenvalue weighted by atomic mass is 79.9. The number of nitrogens with zero attached hydrogens (tertiary/aromatic N) is 3. The standard InChI is InChI=1S/C13H16BrN5O/c14-11-4-1-3-10(7-11)8-19-9-16-13(18-19)17-12(20)5-2-6-15/h1,3-4,7,9H,2,5-6,8,15H2,(H,17,18,20). The van der Waals surface area contributed by atoms with Crippen LogP contribution in [0, 0.1) is 0 Å². The molecule has 6 nitrogen and oxygen atoms in total. The second kappa shape index (κ2) is 7.16. The molecule has 1 heterocycles. The number of benzene rings is 1. The van der Waals surface area contributed by atoms with Gasteiger partial charge in [-0.3, -0.25) is 10.1 Å². The van der Waals surface area contributed by atoms with Gasteiger partial charge in [0.25, 0.3) is 0 Å². The second-order valence-corrected chi connectivity index (χ2v) is 5.25. The third kappa shape index (κ3) is 4.43. The van der Waals surface area contributed by atoms with E-state index in [9.17, 15) is 4.79 Å². The van der Waals surface area contributed by atoms with Gasteiger partial charge in [0.1, 0.15) is 6.33 Å². The molecule has 0 saturated carbocycles.